The molecule has 4 saturated carbocycles. The van der Waals surface area contributed by atoms with Crippen LogP contribution in [0, 0.1) is 58.2 Å². The van der Waals surface area contributed by atoms with Crippen LogP contribution in [-0.4, -0.2) is 23.6 Å². The third kappa shape index (κ3) is 4.22. The molecular weight excluding hydrogens is 424 g/mol. The first-order valence-electron chi connectivity index (χ1n) is 13.8. The zero-order chi connectivity index (χ0) is 25.0. The molecule has 0 aromatic carbocycles. The highest BCUT2D eigenvalue weighted by atomic mass is 16.5. The van der Waals surface area contributed by atoms with Gasteiger partial charge in [0.05, 0.1) is 0 Å². The Morgan fingerprint density at radius 2 is 1.71 bits per heavy atom. The molecule has 0 saturated heterocycles. The Morgan fingerprint density at radius 3 is 2.35 bits per heavy atom. The van der Waals surface area contributed by atoms with Crippen molar-refractivity contribution in [2.45, 2.75) is 99.5 Å². The van der Waals surface area contributed by atoms with Crippen molar-refractivity contribution in [3.8, 4) is 0 Å². The third-order valence-corrected chi connectivity index (χ3v) is 10.9. The smallest absolute Gasteiger partial charge is 0.302 e. The fourth-order valence-corrected chi connectivity index (χ4v) is 8.65. The molecule has 0 N–H and O–H groups in total. The number of hydrogen-bond acceptors (Lipinski definition) is 4. The average Bonchev–Trinajstić information content (AvgIpc) is 3.08. The topological polar surface area (TPSA) is 60.4 Å². The number of ether oxygens (including phenoxy) is 1. The van der Waals surface area contributed by atoms with Crippen LogP contribution in [0.5, 0.6) is 0 Å². The number of carbonyl (C=O) groups is 3. The summed E-state index contributed by atoms with van der Waals surface area (Å²) >= 11 is 0. The van der Waals surface area contributed by atoms with Crippen LogP contribution >= 0.6 is 0 Å². The van der Waals surface area contributed by atoms with Gasteiger partial charge >= 0.3 is 5.97 Å². The zero-order valence-electron chi connectivity index (χ0n) is 22.4. The van der Waals surface area contributed by atoms with Gasteiger partial charge in [-0.25, -0.2) is 0 Å². The van der Waals surface area contributed by atoms with Crippen molar-refractivity contribution in [2.24, 2.45) is 58.2 Å². The highest BCUT2D eigenvalue weighted by molar-refractivity contribution is 5.94. The van der Waals surface area contributed by atoms with Gasteiger partial charge in [0.2, 0.25) is 0 Å². The Morgan fingerprint density at radius 1 is 1.00 bits per heavy atom. The Labute approximate surface area is 206 Å². The van der Waals surface area contributed by atoms with Crippen molar-refractivity contribution in [2.75, 3.05) is 0 Å². The van der Waals surface area contributed by atoms with E-state index in [0.717, 1.165) is 32.1 Å². The second kappa shape index (κ2) is 9.21. The van der Waals surface area contributed by atoms with Gasteiger partial charge in [-0.3, -0.25) is 14.4 Å². The molecule has 0 amide bonds. The molecule has 0 aromatic rings. The van der Waals surface area contributed by atoms with Crippen molar-refractivity contribution >= 4 is 17.5 Å². The minimum absolute atomic E-state index is 0.0864. The Bertz CT molecular complexity index is 858. The van der Waals surface area contributed by atoms with Gasteiger partial charge in [-0.15, -0.1) is 0 Å². The average molecular weight is 471 g/mol. The Hall–Kier alpha value is -1.45. The van der Waals surface area contributed by atoms with E-state index in [1.807, 2.05) is 0 Å². The first-order valence-corrected chi connectivity index (χ1v) is 13.8. The van der Waals surface area contributed by atoms with Crippen LogP contribution in [0.2, 0.25) is 0 Å². The number of rotatable bonds is 5. The molecule has 34 heavy (non-hydrogen) atoms. The summed E-state index contributed by atoms with van der Waals surface area (Å²) in [5.74, 6) is 2.61. The maximum absolute atomic E-state index is 13.9. The van der Waals surface area contributed by atoms with Crippen molar-refractivity contribution in [1.29, 1.82) is 0 Å². The quantitative estimate of drug-likeness (QED) is 0.344. The molecule has 4 fully saturated rings. The normalized spacial score (nSPS) is 43.9. The molecule has 190 valence electrons. The molecule has 0 unspecified atom stereocenters. The van der Waals surface area contributed by atoms with Gasteiger partial charge in [0, 0.05) is 31.6 Å². The second-order valence-electron chi connectivity index (χ2n) is 13.2. The van der Waals surface area contributed by atoms with E-state index >= 15 is 0 Å². The second-order valence-corrected chi connectivity index (χ2v) is 13.2. The predicted octanol–water partition coefficient (Wildman–Crippen LogP) is 6.42. The van der Waals surface area contributed by atoms with Gasteiger partial charge in [-0.1, -0.05) is 53.7 Å². The number of fused-ring (bicyclic) bond motifs is 5. The van der Waals surface area contributed by atoms with Crippen LogP contribution in [0.25, 0.3) is 0 Å². The van der Waals surface area contributed by atoms with Gasteiger partial charge in [-0.2, -0.15) is 0 Å². The first-order chi connectivity index (χ1) is 15.9. The summed E-state index contributed by atoms with van der Waals surface area (Å²) < 4.78 is 5.52. The number of Topliss-reactive ketones (excluding diaryl/α,β-unsaturated/α-hetero) is 2. The van der Waals surface area contributed by atoms with Crippen LogP contribution in [0.1, 0.15) is 93.4 Å². The standard InChI is InChI=1S/C30H46O4/c1-17(2)18(3)8-9-19(4)23-10-11-24-27-25(32)15-21-14-22(34-20(5)31)12-13-29(21,6)28(27)26(33)16-30(23,24)7/h8-9,17-19,21-24,27-28H,10-16H2,1-7H3/b9-8+/t18-,19+,21+,22+,23+,24+,27+,28+,29-,30-/m0/s1. The monoisotopic (exact) mass is 470 g/mol. The molecule has 0 bridgehead atoms. The summed E-state index contributed by atoms with van der Waals surface area (Å²) in [5.41, 5.74) is -0.235. The molecule has 0 aliphatic heterocycles. The molecule has 4 rings (SSSR count). The zero-order valence-corrected chi connectivity index (χ0v) is 22.4. The molecule has 4 heteroatoms. The van der Waals surface area contributed by atoms with Crippen LogP contribution < -0.4 is 0 Å². The summed E-state index contributed by atoms with van der Waals surface area (Å²) in [6.45, 7) is 15.1. The molecule has 4 nitrogen and oxygen atoms in total. The minimum atomic E-state index is -0.249. The van der Waals surface area contributed by atoms with Gasteiger partial charge in [0.1, 0.15) is 17.7 Å². The molecule has 4 aliphatic carbocycles. The fraction of sp³-hybridized carbons (Fsp3) is 0.833. The van der Waals surface area contributed by atoms with E-state index in [9.17, 15) is 14.4 Å². The lowest BCUT2D eigenvalue weighted by molar-refractivity contribution is -0.175. The van der Waals surface area contributed by atoms with Crippen LogP contribution in [-0.2, 0) is 19.1 Å². The molecule has 4 aliphatic rings. The van der Waals surface area contributed by atoms with Gasteiger partial charge in [-0.05, 0) is 78.4 Å². The highest BCUT2D eigenvalue weighted by Crippen LogP contribution is 2.66. The minimum Gasteiger partial charge on any atom is -0.463 e. The molecule has 0 radical (unpaired) electrons. The van der Waals surface area contributed by atoms with E-state index in [-0.39, 0.29) is 40.7 Å². The lowest BCUT2D eigenvalue weighted by Crippen LogP contribution is -2.61. The fourth-order valence-electron chi connectivity index (χ4n) is 8.65. The maximum atomic E-state index is 13.9. The van der Waals surface area contributed by atoms with E-state index in [2.05, 4.69) is 53.7 Å². The highest BCUT2D eigenvalue weighted by Gasteiger charge is 2.66. The van der Waals surface area contributed by atoms with Crippen LogP contribution in [0.4, 0.5) is 0 Å². The summed E-state index contributed by atoms with van der Waals surface area (Å²) in [7, 11) is 0. The summed E-state index contributed by atoms with van der Waals surface area (Å²) in [6.07, 6.45) is 10.4. The van der Waals surface area contributed by atoms with Gasteiger partial charge in [0.25, 0.3) is 0 Å². The van der Waals surface area contributed by atoms with Gasteiger partial charge < -0.3 is 4.74 Å². The molecule has 0 aromatic heterocycles. The largest absolute Gasteiger partial charge is 0.463 e. The lowest BCUT2D eigenvalue weighted by Gasteiger charge is -2.59. The number of carbonyl (C=O) groups excluding carboxylic acids is 3. The summed E-state index contributed by atoms with van der Waals surface area (Å²) in [6, 6.07) is 0. The number of esters is 1. The van der Waals surface area contributed by atoms with Crippen molar-refractivity contribution in [3.63, 3.8) is 0 Å². The predicted molar refractivity (Wildman–Crippen MR) is 134 cm³/mol. The van der Waals surface area contributed by atoms with Crippen LogP contribution in [0.15, 0.2) is 12.2 Å². The van der Waals surface area contributed by atoms with Crippen molar-refractivity contribution in [3.05, 3.63) is 12.2 Å². The van der Waals surface area contributed by atoms with E-state index in [0.29, 0.717) is 54.0 Å². The van der Waals surface area contributed by atoms with Crippen molar-refractivity contribution < 1.29 is 19.1 Å². The summed E-state index contributed by atoms with van der Waals surface area (Å²) in [4.78, 5) is 39.1. The molecule has 0 spiro atoms. The number of ketones is 2. The van der Waals surface area contributed by atoms with E-state index in [1.165, 1.54) is 6.92 Å². The van der Waals surface area contributed by atoms with E-state index in [1.54, 1.807) is 0 Å². The number of allylic oxidation sites excluding steroid dienone is 2. The first kappa shape index (κ1) is 25.6. The SMILES string of the molecule is CC(=O)O[C@@H]1CC[C@@]2(C)[C@@H](CC(=O)[C@H]3[C@H]4CC[C@H]([C@H](C)/C=C/[C@H](C)C(C)C)[C@]4(C)CC(=O)[C@H]32)C1. The van der Waals surface area contributed by atoms with Crippen molar-refractivity contribution in [1.82, 2.24) is 0 Å². The molecular formula is C30H46O4. The maximum Gasteiger partial charge on any atom is 0.302 e. The lowest BCUT2D eigenvalue weighted by atomic mass is 9.43. The molecule has 0 heterocycles. The van der Waals surface area contributed by atoms with Gasteiger partial charge in [0.15, 0.2) is 0 Å². The number of hydrogen-bond donors (Lipinski definition) is 0. The third-order valence-electron chi connectivity index (χ3n) is 10.9. The molecule has 10 atom stereocenters. The Balaban J connectivity index is 1.57. The van der Waals surface area contributed by atoms with Crippen LogP contribution in [0.3, 0.4) is 0 Å². The Kier molecular flexibility index (Phi) is 6.94. The van der Waals surface area contributed by atoms with E-state index in [4.69, 9.17) is 4.74 Å². The summed E-state index contributed by atoms with van der Waals surface area (Å²) in [5, 5.41) is 0. The van der Waals surface area contributed by atoms with E-state index < -0.39 is 0 Å².